The second kappa shape index (κ2) is 5.07. The van der Waals surface area contributed by atoms with Crippen LogP contribution < -0.4 is 0 Å². The molecule has 0 bridgehead atoms. The molecule has 19 heavy (non-hydrogen) atoms. The Hall–Kier alpha value is -1.78. The number of aliphatic hydroxyl groups is 1. The summed E-state index contributed by atoms with van der Waals surface area (Å²) < 4.78 is 0.787. The zero-order chi connectivity index (χ0) is 13.2. The number of aromatic nitrogens is 2. The molecule has 0 aliphatic heterocycles. The largest absolute Gasteiger partial charge is 0.382 e. The molecule has 1 aromatic carbocycles. The van der Waals surface area contributed by atoms with Crippen molar-refractivity contribution in [1.29, 1.82) is 0 Å². The summed E-state index contributed by atoms with van der Waals surface area (Å²) in [7, 11) is 0. The van der Waals surface area contributed by atoms with E-state index in [0.717, 1.165) is 20.9 Å². The van der Waals surface area contributed by atoms with E-state index in [2.05, 4.69) is 25.9 Å². The van der Waals surface area contributed by atoms with E-state index in [1.807, 2.05) is 42.5 Å². The van der Waals surface area contributed by atoms with Crippen molar-refractivity contribution in [1.82, 2.24) is 9.97 Å². The molecule has 3 nitrogen and oxygen atoms in total. The van der Waals surface area contributed by atoms with E-state index in [1.54, 1.807) is 12.4 Å². The molecule has 4 heteroatoms. The molecule has 0 radical (unpaired) electrons. The highest BCUT2D eigenvalue weighted by molar-refractivity contribution is 9.10. The van der Waals surface area contributed by atoms with Gasteiger partial charge in [0.1, 0.15) is 6.10 Å². The maximum atomic E-state index is 10.5. The fourth-order valence-electron chi connectivity index (χ4n) is 2.09. The molecule has 2 heterocycles. The highest BCUT2D eigenvalue weighted by Gasteiger charge is 2.17. The number of aliphatic hydroxyl groups excluding tert-OH is 1. The quantitative estimate of drug-likeness (QED) is 0.787. The van der Waals surface area contributed by atoms with Crippen LogP contribution in [0.25, 0.3) is 10.9 Å². The van der Waals surface area contributed by atoms with Crippen molar-refractivity contribution in [2.75, 3.05) is 0 Å². The van der Waals surface area contributed by atoms with Gasteiger partial charge in [0.05, 0.1) is 11.2 Å². The lowest BCUT2D eigenvalue weighted by Gasteiger charge is -2.13. The van der Waals surface area contributed by atoms with E-state index in [4.69, 9.17) is 0 Å². The van der Waals surface area contributed by atoms with E-state index in [9.17, 15) is 5.11 Å². The highest BCUT2D eigenvalue weighted by Crippen LogP contribution is 2.30. The Labute approximate surface area is 119 Å². The first-order chi connectivity index (χ1) is 9.27. The summed E-state index contributed by atoms with van der Waals surface area (Å²) in [6.45, 7) is 0. The number of pyridine rings is 2. The van der Waals surface area contributed by atoms with E-state index >= 15 is 0 Å². The average Bonchev–Trinajstić information content (AvgIpc) is 2.46. The first-order valence-corrected chi connectivity index (χ1v) is 6.69. The monoisotopic (exact) mass is 314 g/mol. The number of benzene rings is 1. The van der Waals surface area contributed by atoms with E-state index in [-0.39, 0.29) is 0 Å². The number of rotatable bonds is 2. The SMILES string of the molecule is OC(c1ncccc1Br)c1cccc2cccnc12. The Balaban J connectivity index is 2.17. The van der Waals surface area contributed by atoms with Crippen molar-refractivity contribution < 1.29 is 5.11 Å². The summed E-state index contributed by atoms with van der Waals surface area (Å²) in [6.07, 6.45) is 2.60. The average molecular weight is 315 g/mol. The maximum absolute atomic E-state index is 10.5. The molecule has 2 aromatic heterocycles. The smallest absolute Gasteiger partial charge is 0.124 e. The van der Waals surface area contributed by atoms with E-state index in [1.165, 1.54) is 0 Å². The summed E-state index contributed by atoms with van der Waals surface area (Å²) in [5.41, 5.74) is 2.16. The molecule has 0 amide bonds. The van der Waals surface area contributed by atoms with Crippen LogP contribution in [0.5, 0.6) is 0 Å². The van der Waals surface area contributed by atoms with Crippen molar-refractivity contribution in [2.45, 2.75) is 6.10 Å². The third-order valence-corrected chi connectivity index (χ3v) is 3.68. The van der Waals surface area contributed by atoms with Gasteiger partial charge < -0.3 is 5.11 Å². The third-order valence-electron chi connectivity index (χ3n) is 3.00. The molecule has 1 N–H and O–H groups in total. The number of para-hydroxylation sites is 1. The van der Waals surface area contributed by atoms with E-state index in [0.29, 0.717) is 5.69 Å². The van der Waals surface area contributed by atoms with Crippen LogP contribution in [0.1, 0.15) is 17.4 Å². The Morgan fingerprint density at radius 2 is 1.68 bits per heavy atom. The second-order valence-electron chi connectivity index (χ2n) is 4.20. The molecule has 0 saturated carbocycles. The Kier molecular flexibility index (Phi) is 3.27. The van der Waals surface area contributed by atoms with Gasteiger partial charge in [0.2, 0.25) is 0 Å². The van der Waals surface area contributed by atoms with Crippen LogP contribution in [0.2, 0.25) is 0 Å². The Bertz CT molecular complexity index is 725. The first kappa shape index (κ1) is 12.3. The number of nitrogens with zero attached hydrogens (tertiary/aromatic N) is 2. The molecule has 0 fully saturated rings. The predicted octanol–water partition coefficient (Wildman–Crippen LogP) is 3.47. The number of fused-ring (bicyclic) bond motifs is 1. The van der Waals surface area contributed by atoms with Gasteiger partial charge in [0.15, 0.2) is 0 Å². The standard InChI is InChI=1S/C15H11BrN2O/c16-12-7-3-9-18-14(12)15(19)11-6-1-4-10-5-2-8-17-13(10)11/h1-9,15,19H. The molecule has 0 aliphatic carbocycles. The summed E-state index contributed by atoms with van der Waals surface area (Å²) in [5.74, 6) is 0. The fourth-order valence-corrected chi connectivity index (χ4v) is 2.57. The van der Waals surface area contributed by atoms with Crippen LogP contribution in [-0.4, -0.2) is 15.1 Å². The van der Waals surface area contributed by atoms with Crippen molar-refractivity contribution in [2.24, 2.45) is 0 Å². The normalized spacial score (nSPS) is 12.5. The minimum Gasteiger partial charge on any atom is -0.382 e. The van der Waals surface area contributed by atoms with Gasteiger partial charge in [-0.1, -0.05) is 24.3 Å². The van der Waals surface area contributed by atoms with Crippen molar-refractivity contribution in [3.8, 4) is 0 Å². The molecular formula is C15H11BrN2O. The van der Waals surface area contributed by atoms with Gasteiger partial charge in [0, 0.05) is 27.8 Å². The van der Waals surface area contributed by atoms with Crippen LogP contribution in [-0.2, 0) is 0 Å². The second-order valence-corrected chi connectivity index (χ2v) is 5.05. The minimum atomic E-state index is -0.797. The fraction of sp³-hybridized carbons (Fsp3) is 0.0667. The van der Waals surface area contributed by atoms with Crippen LogP contribution in [0.15, 0.2) is 59.3 Å². The van der Waals surface area contributed by atoms with Gasteiger partial charge >= 0.3 is 0 Å². The number of hydrogen-bond donors (Lipinski definition) is 1. The Morgan fingerprint density at radius 3 is 2.53 bits per heavy atom. The summed E-state index contributed by atoms with van der Waals surface area (Å²) in [4.78, 5) is 8.59. The van der Waals surface area contributed by atoms with Crippen LogP contribution in [0, 0.1) is 0 Å². The number of halogens is 1. The van der Waals surface area contributed by atoms with Crippen LogP contribution in [0.3, 0.4) is 0 Å². The summed E-state index contributed by atoms with van der Waals surface area (Å²) in [5, 5.41) is 11.5. The van der Waals surface area contributed by atoms with Crippen LogP contribution in [0.4, 0.5) is 0 Å². The molecule has 1 unspecified atom stereocenters. The molecular weight excluding hydrogens is 304 g/mol. The van der Waals surface area contributed by atoms with Crippen molar-refractivity contribution >= 4 is 26.8 Å². The molecule has 3 rings (SSSR count). The van der Waals surface area contributed by atoms with Gasteiger partial charge in [-0.25, -0.2) is 0 Å². The van der Waals surface area contributed by atoms with E-state index < -0.39 is 6.10 Å². The lowest BCUT2D eigenvalue weighted by atomic mass is 10.0. The van der Waals surface area contributed by atoms with Gasteiger partial charge in [0.25, 0.3) is 0 Å². The van der Waals surface area contributed by atoms with Crippen molar-refractivity contribution in [3.63, 3.8) is 0 Å². The summed E-state index contributed by atoms with van der Waals surface area (Å²) >= 11 is 3.42. The maximum Gasteiger partial charge on any atom is 0.124 e. The first-order valence-electron chi connectivity index (χ1n) is 5.89. The topological polar surface area (TPSA) is 46.0 Å². The van der Waals surface area contributed by atoms with Crippen molar-refractivity contribution in [3.05, 3.63) is 70.6 Å². The minimum absolute atomic E-state index is 0.598. The summed E-state index contributed by atoms with van der Waals surface area (Å²) in [6, 6.07) is 13.3. The molecule has 0 aliphatic rings. The predicted molar refractivity (Wildman–Crippen MR) is 77.7 cm³/mol. The lowest BCUT2D eigenvalue weighted by molar-refractivity contribution is 0.216. The molecule has 1 atom stereocenters. The Morgan fingerprint density at radius 1 is 0.947 bits per heavy atom. The van der Waals surface area contributed by atoms with Gasteiger partial charge in [-0.05, 0) is 34.1 Å². The van der Waals surface area contributed by atoms with Gasteiger partial charge in [-0.2, -0.15) is 0 Å². The molecule has 94 valence electrons. The highest BCUT2D eigenvalue weighted by atomic mass is 79.9. The zero-order valence-electron chi connectivity index (χ0n) is 9.99. The van der Waals surface area contributed by atoms with Gasteiger partial charge in [-0.3, -0.25) is 9.97 Å². The van der Waals surface area contributed by atoms with Crippen LogP contribution >= 0.6 is 15.9 Å². The molecule has 0 spiro atoms. The zero-order valence-corrected chi connectivity index (χ0v) is 11.6. The molecule has 3 aromatic rings. The lowest BCUT2D eigenvalue weighted by Crippen LogP contribution is -2.04. The third kappa shape index (κ3) is 2.25. The number of hydrogen-bond acceptors (Lipinski definition) is 3. The molecule has 0 saturated heterocycles. The van der Waals surface area contributed by atoms with Gasteiger partial charge in [-0.15, -0.1) is 0 Å².